The highest BCUT2D eigenvalue weighted by molar-refractivity contribution is 7.54. The van der Waals surface area contributed by atoms with E-state index in [4.69, 9.17) is 9.05 Å². The summed E-state index contributed by atoms with van der Waals surface area (Å²) in [6.07, 6.45) is -4.60. The highest BCUT2D eigenvalue weighted by Gasteiger charge is 2.41. The molecule has 1 atom stereocenters. The summed E-state index contributed by atoms with van der Waals surface area (Å²) >= 11 is 1.43. The van der Waals surface area contributed by atoms with Gasteiger partial charge in [0.25, 0.3) is 0 Å². The minimum absolute atomic E-state index is 0.0755. The predicted molar refractivity (Wildman–Crippen MR) is 115 cm³/mol. The molecule has 0 aliphatic carbocycles. The second kappa shape index (κ2) is 9.23. The Labute approximate surface area is 178 Å². The van der Waals surface area contributed by atoms with E-state index in [9.17, 15) is 17.7 Å². The van der Waals surface area contributed by atoms with Gasteiger partial charge in [0.1, 0.15) is 0 Å². The first kappa shape index (κ1) is 23.0. The van der Waals surface area contributed by atoms with Crippen molar-refractivity contribution in [3.8, 4) is 0 Å². The van der Waals surface area contributed by atoms with E-state index in [2.05, 4.69) is 0 Å². The highest BCUT2D eigenvalue weighted by Crippen LogP contribution is 2.64. The molecule has 162 valence electrons. The van der Waals surface area contributed by atoms with Crippen LogP contribution in [0.15, 0.2) is 48.5 Å². The molecule has 3 nitrogen and oxygen atoms in total. The predicted octanol–water partition coefficient (Wildman–Crippen LogP) is 7.78. The molecule has 0 N–H and O–H groups in total. The van der Waals surface area contributed by atoms with Crippen molar-refractivity contribution in [2.24, 2.45) is 0 Å². The van der Waals surface area contributed by atoms with Gasteiger partial charge in [-0.2, -0.15) is 13.2 Å². The first-order chi connectivity index (χ1) is 14.2. The molecule has 0 saturated carbocycles. The fourth-order valence-corrected chi connectivity index (χ4v) is 7.42. The van der Waals surface area contributed by atoms with Crippen molar-refractivity contribution in [1.29, 1.82) is 0 Å². The molecular formula is C22H24F3O3PS. The van der Waals surface area contributed by atoms with Crippen LogP contribution >= 0.6 is 18.9 Å². The van der Waals surface area contributed by atoms with Crippen molar-refractivity contribution in [3.63, 3.8) is 0 Å². The molecular weight excluding hydrogens is 432 g/mol. The lowest BCUT2D eigenvalue weighted by Gasteiger charge is -2.27. The summed E-state index contributed by atoms with van der Waals surface area (Å²) < 4.78 is 66.8. The fraction of sp³-hybridized carbons (Fsp3) is 0.364. The van der Waals surface area contributed by atoms with Crippen molar-refractivity contribution in [2.45, 2.75) is 39.0 Å². The molecule has 0 saturated heterocycles. The SMILES string of the molecule is CCOP(=O)(OCC)C(Cc1ccccc1C(F)(F)F)c1sc2ccccc2c1C. The van der Waals surface area contributed by atoms with Crippen LogP contribution in [0.25, 0.3) is 10.1 Å². The van der Waals surface area contributed by atoms with Crippen molar-refractivity contribution in [3.05, 3.63) is 70.1 Å². The largest absolute Gasteiger partial charge is 0.416 e. The van der Waals surface area contributed by atoms with Crippen LogP contribution in [0.3, 0.4) is 0 Å². The number of fused-ring (bicyclic) bond motifs is 1. The molecule has 1 aromatic heterocycles. The van der Waals surface area contributed by atoms with Crippen molar-refractivity contribution in [2.75, 3.05) is 13.2 Å². The van der Waals surface area contributed by atoms with Gasteiger partial charge in [-0.05, 0) is 55.8 Å². The van der Waals surface area contributed by atoms with Crippen molar-refractivity contribution < 1.29 is 26.8 Å². The summed E-state index contributed by atoms with van der Waals surface area (Å²) in [6, 6.07) is 13.1. The van der Waals surface area contributed by atoms with Gasteiger partial charge in [-0.1, -0.05) is 36.4 Å². The molecule has 1 unspecified atom stereocenters. The second-order valence-electron chi connectivity index (χ2n) is 6.84. The molecule has 3 aromatic rings. The molecule has 0 amide bonds. The standard InChI is InChI=1S/C22H24F3O3PS/c1-4-27-29(26,28-5-2)19(14-16-10-6-8-12-18(16)22(23,24)25)21-15(3)17-11-7-9-13-20(17)30-21/h6-13,19H,4-5,14H2,1-3H3. The molecule has 8 heteroatoms. The van der Waals surface area contributed by atoms with Crippen LogP contribution in [0.5, 0.6) is 0 Å². The van der Waals surface area contributed by atoms with E-state index < -0.39 is 25.0 Å². The Hall–Kier alpha value is -1.66. The average Bonchev–Trinajstić information content (AvgIpc) is 3.02. The van der Waals surface area contributed by atoms with Gasteiger partial charge in [-0.25, -0.2) is 0 Å². The molecule has 3 rings (SSSR count). The molecule has 30 heavy (non-hydrogen) atoms. The van der Waals surface area contributed by atoms with E-state index in [1.54, 1.807) is 19.9 Å². The van der Waals surface area contributed by atoms with Gasteiger partial charge in [-0.3, -0.25) is 4.57 Å². The quantitative estimate of drug-likeness (QED) is 0.325. The Bertz CT molecular complexity index is 1050. The Kier molecular flexibility index (Phi) is 7.08. The van der Waals surface area contributed by atoms with Crippen LogP contribution < -0.4 is 0 Å². The average molecular weight is 456 g/mol. The van der Waals surface area contributed by atoms with E-state index in [0.29, 0.717) is 0 Å². The lowest BCUT2D eigenvalue weighted by atomic mass is 10.0. The zero-order valence-electron chi connectivity index (χ0n) is 17.0. The topological polar surface area (TPSA) is 35.5 Å². The Balaban J connectivity index is 2.18. The summed E-state index contributed by atoms with van der Waals surface area (Å²) in [4.78, 5) is 0.735. The van der Waals surface area contributed by atoms with Crippen LogP contribution in [0.1, 0.15) is 41.1 Å². The number of hydrogen-bond acceptors (Lipinski definition) is 4. The Morgan fingerprint density at radius 1 is 1.00 bits per heavy atom. The number of halogens is 3. The van der Waals surface area contributed by atoms with Gasteiger partial charge < -0.3 is 9.05 Å². The fourth-order valence-electron chi connectivity index (χ4n) is 3.62. The van der Waals surface area contributed by atoms with Gasteiger partial charge in [0.15, 0.2) is 0 Å². The summed E-state index contributed by atoms with van der Waals surface area (Å²) in [7, 11) is -3.73. The van der Waals surface area contributed by atoms with E-state index >= 15 is 0 Å². The molecule has 0 fully saturated rings. The molecule has 0 aliphatic rings. The van der Waals surface area contributed by atoms with Crippen LogP contribution in [0.2, 0.25) is 0 Å². The maximum Gasteiger partial charge on any atom is 0.416 e. The third-order valence-electron chi connectivity index (χ3n) is 4.92. The van der Waals surface area contributed by atoms with E-state index in [0.717, 1.165) is 26.6 Å². The van der Waals surface area contributed by atoms with Crippen LogP contribution in [0.4, 0.5) is 13.2 Å². The maximum absolute atomic E-state index is 13.8. The molecule has 0 radical (unpaired) electrons. The number of thiophene rings is 1. The third-order valence-corrected chi connectivity index (χ3v) is 8.92. The van der Waals surface area contributed by atoms with Gasteiger partial charge in [-0.15, -0.1) is 11.3 Å². The van der Waals surface area contributed by atoms with Crippen molar-refractivity contribution >= 4 is 29.0 Å². The Morgan fingerprint density at radius 3 is 2.20 bits per heavy atom. The summed E-state index contributed by atoms with van der Waals surface area (Å²) in [6.45, 7) is 5.57. The van der Waals surface area contributed by atoms with E-state index in [1.807, 2.05) is 31.2 Å². The number of aryl methyl sites for hydroxylation is 1. The number of alkyl halides is 3. The molecule has 0 bridgehead atoms. The number of benzene rings is 2. The van der Waals surface area contributed by atoms with Gasteiger partial charge in [0.2, 0.25) is 0 Å². The van der Waals surface area contributed by atoms with Crippen LogP contribution in [-0.4, -0.2) is 13.2 Å². The smallest absolute Gasteiger partial charge is 0.308 e. The zero-order valence-corrected chi connectivity index (χ0v) is 18.7. The first-order valence-electron chi connectivity index (χ1n) is 9.73. The third kappa shape index (κ3) is 4.65. The van der Waals surface area contributed by atoms with Gasteiger partial charge in [0.05, 0.1) is 24.4 Å². The molecule has 0 spiro atoms. The van der Waals surface area contributed by atoms with E-state index in [1.165, 1.54) is 23.5 Å². The number of hydrogen-bond donors (Lipinski definition) is 0. The normalized spacial score (nSPS) is 13.7. The van der Waals surface area contributed by atoms with Crippen LogP contribution in [0, 0.1) is 6.92 Å². The monoisotopic (exact) mass is 456 g/mol. The van der Waals surface area contributed by atoms with Crippen LogP contribution in [-0.2, 0) is 26.2 Å². The first-order valence-corrected chi connectivity index (χ1v) is 12.2. The summed E-state index contributed by atoms with van der Waals surface area (Å²) in [5.74, 6) is 0. The zero-order chi connectivity index (χ0) is 21.9. The second-order valence-corrected chi connectivity index (χ2v) is 10.1. The Morgan fingerprint density at radius 2 is 1.60 bits per heavy atom. The van der Waals surface area contributed by atoms with E-state index in [-0.39, 0.29) is 25.2 Å². The van der Waals surface area contributed by atoms with Gasteiger partial charge >= 0.3 is 13.8 Å². The maximum atomic E-state index is 13.8. The molecule has 1 heterocycles. The van der Waals surface area contributed by atoms with Gasteiger partial charge in [0, 0.05) is 9.58 Å². The van der Waals surface area contributed by atoms with Crippen molar-refractivity contribution in [1.82, 2.24) is 0 Å². The summed E-state index contributed by atoms with van der Waals surface area (Å²) in [5.41, 5.74) is -0.595. The highest BCUT2D eigenvalue weighted by atomic mass is 32.1. The minimum Gasteiger partial charge on any atom is -0.308 e. The summed E-state index contributed by atoms with van der Waals surface area (Å²) in [5, 5.41) is 0.992. The number of rotatable bonds is 8. The molecule has 0 aliphatic heterocycles. The minimum atomic E-state index is -4.50. The lowest BCUT2D eigenvalue weighted by Crippen LogP contribution is -2.14. The molecule has 2 aromatic carbocycles. The lowest BCUT2D eigenvalue weighted by molar-refractivity contribution is -0.138.